The van der Waals surface area contributed by atoms with E-state index >= 15 is 0 Å². The number of hydrogen-bond acceptors (Lipinski definition) is 0. The molecule has 0 heterocycles. The van der Waals surface area contributed by atoms with E-state index in [9.17, 15) is 0 Å². The van der Waals surface area contributed by atoms with Crippen molar-refractivity contribution < 1.29 is 52.7 Å². The van der Waals surface area contributed by atoms with Crippen LogP contribution in [0.3, 0.4) is 0 Å². The minimum atomic E-state index is 0. The van der Waals surface area contributed by atoms with E-state index in [0.29, 0.717) is 0 Å². The predicted octanol–water partition coefficient (Wildman–Crippen LogP) is 6.57. The zero-order valence-corrected chi connectivity index (χ0v) is 23.0. The Bertz CT molecular complexity index is 405. The number of rotatable bonds is 2. The molecule has 4 nitrogen and oxygen atoms in total. The molecule has 0 atom stereocenters. The van der Waals surface area contributed by atoms with Crippen LogP contribution < -0.4 is 0 Å². The summed E-state index contributed by atoms with van der Waals surface area (Å²) in [4.78, 5) is 0. The predicted molar refractivity (Wildman–Crippen MR) is 114 cm³/mol. The van der Waals surface area contributed by atoms with Gasteiger partial charge in [-0.25, -0.2) is 0 Å². The van der Waals surface area contributed by atoms with Crippen molar-refractivity contribution in [2.24, 2.45) is 0 Å². The third kappa shape index (κ3) is 13.0. The Morgan fingerprint density at radius 1 is 0.375 bits per heavy atom. The fourth-order valence-electron chi connectivity index (χ4n) is 3.65. The minimum absolute atomic E-state index is 0. The van der Waals surface area contributed by atoms with Crippen molar-refractivity contribution in [1.29, 1.82) is 0 Å². The van der Waals surface area contributed by atoms with E-state index in [-0.39, 0.29) is 34.1 Å². The van der Waals surface area contributed by atoms with E-state index in [1.165, 1.54) is 60.2 Å². The summed E-state index contributed by atoms with van der Waals surface area (Å²) >= 11 is 0. The molecule has 10 radical (unpaired) electrons. The minimum Gasteiger partial charge on any atom is 0 e. The number of hydrogen-bond donors (Lipinski definition) is 0. The first-order valence-corrected chi connectivity index (χ1v) is 9.44. The van der Waals surface area contributed by atoms with E-state index in [1.807, 2.05) is 0 Å². The van der Waals surface area contributed by atoms with E-state index in [0.717, 1.165) is 0 Å². The normalized spacial score (nSPS) is 18.8. The van der Waals surface area contributed by atoms with Gasteiger partial charge in [-0.2, -0.15) is 0 Å². The maximum absolute atomic E-state index is 7.50. The molecule has 0 saturated heterocycles. The van der Waals surface area contributed by atoms with Crippen LogP contribution in [0.2, 0.25) is 0 Å². The van der Waals surface area contributed by atoms with Crippen molar-refractivity contribution in [2.75, 3.05) is 0 Å². The third-order valence-corrected chi connectivity index (χ3v) is 5.89. The van der Waals surface area contributed by atoms with Gasteiger partial charge in [-0.1, -0.05) is 69.2 Å². The molecule has 0 aliphatic heterocycles. The molecule has 0 spiro atoms. The topological polar surface area (TPSA) is 79.6 Å². The van der Waals surface area contributed by atoms with Crippen LogP contribution in [-0.2, 0) is 52.7 Å². The standard InChI is InChI=1S/2C11H17.4CO.2Fe/c2*1-6-11-9(4)7(2)8(3)10(11)5;4*1-2;;/h2*6H2,1-5H3;;;;;;. The molecule has 2 aliphatic carbocycles. The molecule has 0 aromatic carbocycles. The average molecular weight is 522 g/mol. The maximum atomic E-state index is 7.50. The van der Waals surface area contributed by atoms with Crippen LogP contribution in [-0.4, -0.2) is 0 Å². The van der Waals surface area contributed by atoms with E-state index in [4.69, 9.17) is 18.6 Å². The Kier molecular flexibility index (Phi) is 38.7. The molecule has 2 aliphatic rings. The fourth-order valence-corrected chi connectivity index (χ4v) is 3.65. The van der Waals surface area contributed by atoms with Crippen LogP contribution in [0.15, 0.2) is 0 Å². The van der Waals surface area contributed by atoms with Gasteiger partial charge in [0.1, 0.15) is 0 Å². The summed E-state index contributed by atoms with van der Waals surface area (Å²) in [6.07, 6.45) is 2.35. The van der Waals surface area contributed by atoms with Gasteiger partial charge < -0.3 is 0 Å². The van der Waals surface area contributed by atoms with Gasteiger partial charge in [0.2, 0.25) is 0 Å². The molecule has 32 heavy (non-hydrogen) atoms. The summed E-state index contributed by atoms with van der Waals surface area (Å²) < 4.78 is 30.0. The molecule has 0 bridgehead atoms. The van der Waals surface area contributed by atoms with Crippen LogP contribution in [0.1, 0.15) is 82.1 Å². The Labute approximate surface area is 220 Å². The van der Waals surface area contributed by atoms with Crippen molar-refractivity contribution in [3.63, 3.8) is 0 Å². The van der Waals surface area contributed by atoms with Crippen LogP contribution in [0.25, 0.3) is 0 Å². The van der Waals surface area contributed by atoms with Gasteiger partial charge in [-0.15, -0.1) is 0 Å². The van der Waals surface area contributed by atoms with Crippen molar-refractivity contribution in [1.82, 2.24) is 0 Å². The molecule has 6 heteroatoms. The molecule has 2 saturated carbocycles. The first-order chi connectivity index (χ1) is 14.2. The van der Waals surface area contributed by atoms with Crippen molar-refractivity contribution >= 4 is 0 Å². The summed E-state index contributed by atoms with van der Waals surface area (Å²) in [5.74, 6) is 15.1. The Balaban J connectivity index is -0.0000000768. The molecular weight excluding hydrogens is 488 g/mol. The monoisotopic (exact) mass is 522 g/mol. The zero-order chi connectivity index (χ0) is 25.2. The summed E-state index contributed by atoms with van der Waals surface area (Å²) in [7, 11) is 0. The smallest absolute Gasteiger partial charge is 0 e. The molecule has 2 fully saturated rings. The largest absolute Gasteiger partial charge is 0 e. The molecule has 0 aromatic rings. The van der Waals surface area contributed by atoms with Crippen LogP contribution in [0, 0.1) is 85.8 Å². The molecular formula is C26H34Fe2O4. The molecule has 0 unspecified atom stereocenters. The second-order valence-electron chi connectivity index (χ2n) is 6.66. The molecule has 0 aromatic heterocycles. The van der Waals surface area contributed by atoms with Gasteiger partial charge in [0.25, 0.3) is 0 Å². The maximum Gasteiger partial charge on any atom is 0 e. The first kappa shape index (κ1) is 45.5. The summed E-state index contributed by atoms with van der Waals surface area (Å²) in [6.45, 7) is 40.3. The first-order valence-electron chi connectivity index (χ1n) is 9.44. The Morgan fingerprint density at radius 3 is 0.562 bits per heavy atom. The molecule has 0 amide bonds. The van der Waals surface area contributed by atoms with Crippen LogP contribution in [0.5, 0.6) is 0 Å². The third-order valence-electron chi connectivity index (χ3n) is 5.89. The van der Waals surface area contributed by atoms with Crippen LogP contribution >= 0.6 is 0 Å². The van der Waals surface area contributed by atoms with E-state index < -0.39 is 0 Å². The van der Waals surface area contributed by atoms with Crippen LogP contribution in [0.4, 0.5) is 0 Å². The summed E-state index contributed by atoms with van der Waals surface area (Å²) in [6, 6.07) is 0. The second-order valence-corrected chi connectivity index (χ2v) is 6.66. The van der Waals surface area contributed by atoms with Gasteiger partial charge in [0.05, 0.1) is 0 Å². The van der Waals surface area contributed by atoms with Gasteiger partial charge in [-0.05, 0) is 72.0 Å². The van der Waals surface area contributed by atoms with Gasteiger partial charge >= 0.3 is 45.2 Å². The summed E-state index contributed by atoms with van der Waals surface area (Å²) in [5, 5.41) is 0. The van der Waals surface area contributed by atoms with Crippen molar-refractivity contribution in [3.05, 3.63) is 85.8 Å². The fraction of sp³-hybridized carbons (Fsp3) is 0.462. The van der Waals surface area contributed by atoms with Gasteiger partial charge in [-0.3, -0.25) is 0 Å². The van der Waals surface area contributed by atoms with Crippen molar-refractivity contribution in [3.8, 4) is 0 Å². The van der Waals surface area contributed by atoms with Gasteiger partial charge in [0, 0.05) is 34.1 Å². The van der Waals surface area contributed by atoms with Gasteiger partial charge in [0.15, 0.2) is 0 Å². The SMILES string of the molecule is CC[C]1[C](C)[C](C)[C](C)[C]1C.CC[C]1[C](C)[C](C)[C](C)[C]1C.[C-]#[O+].[C-]#[O+].[C-]#[O+].[C-]#[O+].[Fe].[Fe]. The Morgan fingerprint density at radius 2 is 0.500 bits per heavy atom. The average Bonchev–Trinajstić information content (AvgIpc) is 3.12. The van der Waals surface area contributed by atoms with Crippen molar-refractivity contribution in [2.45, 2.75) is 82.1 Å². The van der Waals surface area contributed by atoms with E-state index in [2.05, 4.69) is 95.8 Å². The quantitative estimate of drug-likeness (QED) is 0.224. The zero-order valence-electron chi connectivity index (χ0n) is 20.8. The Hall–Kier alpha value is -0.00104. The molecule has 2 rings (SSSR count). The molecule has 178 valence electrons. The van der Waals surface area contributed by atoms with E-state index in [1.54, 1.807) is 11.8 Å². The second kappa shape index (κ2) is 27.2. The summed E-state index contributed by atoms with van der Waals surface area (Å²) in [5.41, 5.74) is 0. The molecule has 0 N–H and O–H groups in total.